The van der Waals surface area contributed by atoms with Crippen molar-refractivity contribution >= 4 is 50.6 Å². The van der Waals surface area contributed by atoms with Crippen molar-refractivity contribution in [3.63, 3.8) is 0 Å². The first-order chi connectivity index (χ1) is 10.4. The zero-order chi connectivity index (χ0) is 17.8. The molecule has 1 N–H and O–H groups in total. The lowest BCUT2D eigenvalue weighted by Crippen LogP contribution is -2.34. The van der Waals surface area contributed by atoms with E-state index in [2.05, 4.69) is 45.4 Å². The third-order valence-electron chi connectivity index (χ3n) is 2.78. The van der Waals surface area contributed by atoms with Crippen molar-refractivity contribution in [1.82, 2.24) is 4.48 Å². The Hall–Kier alpha value is -0.820. The third kappa shape index (κ3) is 6.30. The molecule has 0 saturated heterocycles. The fourth-order valence-corrected chi connectivity index (χ4v) is 3.05. The van der Waals surface area contributed by atoms with Crippen molar-refractivity contribution in [2.75, 3.05) is 21.1 Å². The van der Waals surface area contributed by atoms with Crippen molar-refractivity contribution in [3.05, 3.63) is 57.5 Å². The zero-order valence-electron chi connectivity index (χ0n) is 12.8. The SMILES string of the molecule is C[N+](C)(C)c1ccccc1.O=S(=O)(O)c1cc(Cl)c(Cl)cc1Cl. The molecule has 0 aliphatic carbocycles. The fourth-order valence-electron chi connectivity index (χ4n) is 1.58. The summed E-state index contributed by atoms with van der Waals surface area (Å²) < 4.78 is 30.9. The number of hydrogen-bond donors (Lipinski definition) is 1. The van der Waals surface area contributed by atoms with E-state index in [1.807, 2.05) is 6.07 Å². The summed E-state index contributed by atoms with van der Waals surface area (Å²) >= 11 is 16.6. The van der Waals surface area contributed by atoms with Crippen molar-refractivity contribution in [1.29, 1.82) is 0 Å². The number of quaternary nitrogens is 1. The first-order valence-corrected chi connectivity index (χ1v) is 8.99. The number of rotatable bonds is 2. The Morgan fingerprint density at radius 1 is 0.870 bits per heavy atom. The zero-order valence-corrected chi connectivity index (χ0v) is 15.9. The average molecular weight is 398 g/mol. The molecule has 0 aliphatic rings. The Bertz CT molecular complexity index is 773. The van der Waals surface area contributed by atoms with E-state index >= 15 is 0 Å². The summed E-state index contributed by atoms with van der Waals surface area (Å²) in [6, 6.07) is 12.6. The van der Waals surface area contributed by atoms with E-state index in [0.29, 0.717) is 0 Å². The summed E-state index contributed by atoms with van der Waals surface area (Å²) in [6.45, 7) is 0. The van der Waals surface area contributed by atoms with E-state index in [4.69, 9.17) is 39.4 Å². The molecule has 0 aliphatic heterocycles. The van der Waals surface area contributed by atoms with Crippen molar-refractivity contribution in [3.8, 4) is 0 Å². The smallest absolute Gasteiger partial charge is 0.296 e. The summed E-state index contributed by atoms with van der Waals surface area (Å²) in [6.07, 6.45) is 0. The summed E-state index contributed by atoms with van der Waals surface area (Å²) in [5.74, 6) is 0. The molecule has 0 atom stereocenters. The number of para-hydroxylation sites is 1. The molecule has 0 bridgehead atoms. The van der Waals surface area contributed by atoms with E-state index in [1.165, 1.54) is 5.69 Å². The minimum Gasteiger partial charge on any atom is -0.298 e. The number of hydrogen-bond acceptors (Lipinski definition) is 2. The Morgan fingerprint density at radius 2 is 1.35 bits per heavy atom. The van der Waals surface area contributed by atoms with Gasteiger partial charge in [-0.3, -0.25) is 9.04 Å². The highest BCUT2D eigenvalue weighted by molar-refractivity contribution is 7.86. The highest BCUT2D eigenvalue weighted by Gasteiger charge is 2.16. The van der Waals surface area contributed by atoms with E-state index in [0.717, 1.165) is 16.6 Å². The molecule has 0 spiro atoms. The maximum atomic E-state index is 10.7. The lowest BCUT2D eigenvalue weighted by molar-refractivity contribution is 0.483. The second-order valence-corrected chi connectivity index (χ2v) is 8.13. The van der Waals surface area contributed by atoms with Gasteiger partial charge in [-0.05, 0) is 24.3 Å². The van der Waals surface area contributed by atoms with E-state index in [9.17, 15) is 8.42 Å². The summed E-state index contributed by atoms with van der Waals surface area (Å²) in [7, 11) is 2.14. The van der Waals surface area contributed by atoms with Gasteiger partial charge >= 0.3 is 0 Å². The van der Waals surface area contributed by atoms with E-state index in [-0.39, 0.29) is 15.1 Å². The van der Waals surface area contributed by atoms with Crippen LogP contribution >= 0.6 is 34.8 Å². The first kappa shape index (κ1) is 20.2. The molecule has 2 aromatic rings. The lowest BCUT2D eigenvalue weighted by atomic mass is 10.3. The van der Waals surface area contributed by atoms with Gasteiger partial charge in [-0.1, -0.05) is 53.0 Å². The van der Waals surface area contributed by atoms with Gasteiger partial charge in [-0.25, -0.2) is 0 Å². The molecular formula is C15H17Cl3NO3S+. The largest absolute Gasteiger partial charge is 0.298 e. The van der Waals surface area contributed by atoms with Crippen LogP contribution in [0.15, 0.2) is 47.4 Å². The monoisotopic (exact) mass is 396 g/mol. The molecule has 0 saturated carbocycles. The van der Waals surface area contributed by atoms with Crippen LogP contribution in [0.2, 0.25) is 15.1 Å². The predicted molar refractivity (Wildman–Crippen MR) is 97.3 cm³/mol. The Kier molecular flexibility index (Phi) is 6.89. The molecule has 0 heterocycles. The van der Waals surface area contributed by atoms with Crippen LogP contribution in [0.3, 0.4) is 0 Å². The summed E-state index contributed by atoms with van der Waals surface area (Å²) in [5.41, 5.74) is 1.34. The minimum absolute atomic E-state index is 0.0127. The lowest BCUT2D eigenvalue weighted by Gasteiger charge is -2.22. The van der Waals surface area contributed by atoms with Gasteiger partial charge in [0.25, 0.3) is 10.1 Å². The predicted octanol–water partition coefficient (Wildman–Crippen LogP) is 4.78. The van der Waals surface area contributed by atoms with Crippen molar-refractivity contribution in [2.45, 2.75) is 4.90 Å². The first-order valence-electron chi connectivity index (χ1n) is 6.42. The fraction of sp³-hybridized carbons (Fsp3) is 0.200. The normalized spacial score (nSPS) is 11.6. The van der Waals surface area contributed by atoms with Crippen molar-refractivity contribution < 1.29 is 13.0 Å². The molecular weight excluding hydrogens is 381 g/mol. The number of nitrogens with zero attached hydrogens (tertiary/aromatic N) is 1. The molecule has 0 unspecified atom stereocenters. The molecule has 23 heavy (non-hydrogen) atoms. The van der Waals surface area contributed by atoms with Gasteiger partial charge in [0.2, 0.25) is 0 Å². The molecule has 0 radical (unpaired) electrons. The quantitative estimate of drug-likeness (QED) is 0.451. The molecule has 2 rings (SSSR count). The Morgan fingerprint density at radius 3 is 1.74 bits per heavy atom. The highest BCUT2D eigenvalue weighted by Crippen LogP contribution is 2.31. The van der Waals surface area contributed by atoms with Gasteiger partial charge in [0.1, 0.15) is 10.6 Å². The van der Waals surface area contributed by atoms with Gasteiger partial charge in [0, 0.05) is 0 Å². The van der Waals surface area contributed by atoms with Crippen molar-refractivity contribution in [2.24, 2.45) is 0 Å². The van der Waals surface area contributed by atoms with Crippen LogP contribution in [0.1, 0.15) is 0 Å². The van der Waals surface area contributed by atoms with Gasteiger partial charge < -0.3 is 0 Å². The van der Waals surface area contributed by atoms with Gasteiger partial charge in [0.05, 0.1) is 36.2 Å². The van der Waals surface area contributed by atoms with Gasteiger partial charge in [-0.2, -0.15) is 8.42 Å². The topological polar surface area (TPSA) is 54.4 Å². The maximum absolute atomic E-state index is 10.7. The Balaban J connectivity index is 0.000000238. The number of benzene rings is 2. The second kappa shape index (κ2) is 7.83. The highest BCUT2D eigenvalue weighted by atomic mass is 35.5. The molecule has 126 valence electrons. The molecule has 0 aromatic heterocycles. The molecule has 4 nitrogen and oxygen atoms in total. The van der Waals surface area contributed by atoms with E-state index in [1.54, 1.807) is 0 Å². The minimum atomic E-state index is -4.35. The summed E-state index contributed by atoms with van der Waals surface area (Å²) in [5, 5.41) is -0.0327. The van der Waals surface area contributed by atoms with Crippen LogP contribution in [0.4, 0.5) is 5.69 Å². The number of halogens is 3. The average Bonchev–Trinajstić information content (AvgIpc) is 2.42. The van der Waals surface area contributed by atoms with Gasteiger partial charge in [-0.15, -0.1) is 0 Å². The molecule has 0 fully saturated rings. The van der Waals surface area contributed by atoms with Crippen LogP contribution in [0.25, 0.3) is 0 Å². The van der Waals surface area contributed by atoms with Crippen LogP contribution in [-0.4, -0.2) is 34.1 Å². The molecule has 8 heteroatoms. The van der Waals surface area contributed by atoms with Crippen LogP contribution in [-0.2, 0) is 10.1 Å². The maximum Gasteiger partial charge on any atom is 0.296 e. The van der Waals surface area contributed by atoms with Gasteiger partial charge in [0.15, 0.2) is 0 Å². The van der Waals surface area contributed by atoms with E-state index < -0.39 is 15.0 Å². The third-order valence-corrected chi connectivity index (χ3v) is 4.82. The Labute approximate surface area is 151 Å². The second-order valence-electron chi connectivity index (χ2n) is 5.52. The van der Waals surface area contributed by atoms with Crippen LogP contribution in [0.5, 0.6) is 0 Å². The molecule has 2 aromatic carbocycles. The van der Waals surface area contributed by atoms with Crippen LogP contribution < -0.4 is 4.48 Å². The van der Waals surface area contributed by atoms with Crippen LogP contribution in [0, 0.1) is 0 Å². The standard InChI is InChI=1S/C9H14N.C6H3Cl3O3S/c1-10(2,3)9-7-5-4-6-8-9;7-3-1-5(9)6(2-4(3)8)13(10,11)12/h4-8H,1-3H3;1-2H,(H,10,11,12)/q+1;. The summed E-state index contributed by atoms with van der Waals surface area (Å²) in [4.78, 5) is -0.455. The molecule has 0 amide bonds.